The topological polar surface area (TPSA) is 31.4 Å². The van der Waals surface area contributed by atoms with Crippen LogP contribution >= 0.6 is 0 Å². The summed E-state index contributed by atoms with van der Waals surface area (Å²) in [6.45, 7) is 5.30. The van der Waals surface area contributed by atoms with Crippen LogP contribution < -0.4 is 5.59 Å². The fourth-order valence-corrected chi connectivity index (χ4v) is 1.41. The molecular weight excluding hydrogens is 196 g/mol. The number of rotatable bonds is 1. The summed E-state index contributed by atoms with van der Waals surface area (Å²) < 4.78 is 23.9. The molecule has 15 heavy (non-hydrogen) atoms. The van der Waals surface area contributed by atoms with Crippen LogP contribution in [0.2, 0.25) is 0 Å². The first kappa shape index (κ1) is 10.6. The van der Waals surface area contributed by atoms with Gasteiger partial charge in [-0.15, -0.1) is 0 Å². The molecule has 5 heteroatoms. The van der Waals surface area contributed by atoms with Crippen molar-refractivity contribution >= 4 is 12.7 Å². The van der Waals surface area contributed by atoms with Crippen molar-refractivity contribution in [2.24, 2.45) is 5.41 Å². The SMILES string of the molecule is CC1(C)COB(c2cc(F)ccn2)OC1. The van der Waals surface area contributed by atoms with Crippen LogP contribution in [-0.4, -0.2) is 25.3 Å². The second kappa shape index (κ2) is 3.91. The van der Waals surface area contributed by atoms with Crippen molar-refractivity contribution in [1.29, 1.82) is 0 Å². The molecule has 0 radical (unpaired) electrons. The Bertz CT molecular complexity index is 349. The van der Waals surface area contributed by atoms with Gasteiger partial charge in [-0.05, 0) is 12.1 Å². The molecule has 0 aliphatic carbocycles. The van der Waals surface area contributed by atoms with Gasteiger partial charge in [-0.25, -0.2) is 4.39 Å². The number of hydrogen-bond donors (Lipinski definition) is 0. The molecule has 2 rings (SSSR count). The standard InChI is InChI=1S/C10H13BFNO2/c1-10(2)6-14-11(15-7-10)9-5-8(12)3-4-13-9/h3-5H,6-7H2,1-2H3. The first-order valence-corrected chi connectivity index (χ1v) is 4.91. The average molecular weight is 209 g/mol. The molecule has 1 aromatic heterocycles. The van der Waals surface area contributed by atoms with E-state index in [2.05, 4.69) is 18.8 Å². The Morgan fingerprint density at radius 3 is 2.67 bits per heavy atom. The second-order valence-electron chi connectivity index (χ2n) is 4.52. The Morgan fingerprint density at radius 2 is 2.07 bits per heavy atom. The van der Waals surface area contributed by atoms with E-state index in [1.807, 2.05) is 0 Å². The summed E-state index contributed by atoms with van der Waals surface area (Å²) in [5, 5.41) is 0. The molecule has 0 amide bonds. The van der Waals surface area contributed by atoms with E-state index in [1.54, 1.807) is 0 Å². The van der Waals surface area contributed by atoms with Gasteiger partial charge >= 0.3 is 7.12 Å². The van der Waals surface area contributed by atoms with Crippen molar-refractivity contribution in [2.45, 2.75) is 13.8 Å². The zero-order valence-electron chi connectivity index (χ0n) is 8.87. The predicted molar refractivity (Wildman–Crippen MR) is 55.3 cm³/mol. The maximum Gasteiger partial charge on any atom is 0.513 e. The van der Waals surface area contributed by atoms with E-state index in [0.717, 1.165) is 0 Å². The van der Waals surface area contributed by atoms with E-state index >= 15 is 0 Å². The minimum atomic E-state index is -0.534. The molecule has 0 aromatic carbocycles. The minimum absolute atomic E-state index is 0.0177. The lowest BCUT2D eigenvalue weighted by atomic mass is 9.80. The molecule has 0 unspecified atom stereocenters. The number of halogens is 1. The zero-order chi connectivity index (χ0) is 10.9. The summed E-state index contributed by atoms with van der Waals surface area (Å²) in [6, 6.07) is 2.64. The van der Waals surface area contributed by atoms with Crippen molar-refractivity contribution < 1.29 is 13.7 Å². The van der Waals surface area contributed by atoms with Crippen molar-refractivity contribution in [3.8, 4) is 0 Å². The van der Waals surface area contributed by atoms with E-state index in [-0.39, 0.29) is 11.2 Å². The molecule has 3 nitrogen and oxygen atoms in total. The number of hydrogen-bond acceptors (Lipinski definition) is 3. The Hall–Kier alpha value is -0.935. The van der Waals surface area contributed by atoms with Crippen molar-refractivity contribution in [3.63, 3.8) is 0 Å². The Labute approximate surface area is 88.8 Å². The zero-order valence-corrected chi connectivity index (χ0v) is 8.87. The molecule has 1 saturated heterocycles. The van der Waals surface area contributed by atoms with E-state index < -0.39 is 7.12 Å². The number of pyridine rings is 1. The summed E-state index contributed by atoms with van der Waals surface area (Å²) in [5.74, 6) is -0.322. The van der Waals surface area contributed by atoms with Crippen LogP contribution in [0.25, 0.3) is 0 Å². The van der Waals surface area contributed by atoms with Gasteiger partial charge in [-0.2, -0.15) is 0 Å². The van der Waals surface area contributed by atoms with Crippen molar-refractivity contribution in [3.05, 3.63) is 24.1 Å². The van der Waals surface area contributed by atoms with Crippen LogP contribution in [0.1, 0.15) is 13.8 Å². The van der Waals surface area contributed by atoms with Crippen LogP contribution in [0.15, 0.2) is 18.3 Å². The average Bonchev–Trinajstić information content (AvgIpc) is 2.17. The Balaban J connectivity index is 2.08. The van der Waals surface area contributed by atoms with E-state index in [1.165, 1.54) is 18.3 Å². The third-order valence-electron chi connectivity index (χ3n) is 2.24. The van der Waals surface area contributed by atoms with Crippen molar-refractivity contribution in [1.82, 2.24) is 4.98 Å². The van der Waals surface area contributed by atoms with Gasteiger partial charge in [0.2, 0.25) is 0 Å². The molecule has 80 valence electrons. The molecule has 1 aliphatic heterocycles. The third kappa shape index (κ3) is 2.55. The molecule has 0 N–H and O–H groups in total. The van der Waals surface area contributed by atoms with Gasteiger partial charge in [0.1, 0.15) is 5.82 Å². The normalized spacial score (nSPS) is 20.3. The third-order valence-corrected chi connectivity index (χ3v) is 2.24. The maximum absolute atomic E-state index is 12.9. The molecule has 2 heterocycles. The van der Waals surface area contributed by atoms with Gasteiger partial charge in [-0.3, -0.25) is 4.98 Å². The van der Waals surface area contributed by atoms with E-state index in [0.29, 0.717) is 18.8 Å². The van der Waals surface area contributed by atoms with E-state index in [4.69, 9.17) is 9.31 Å². The Morgan fingerprint density at radius 1 is 1.40 bits per heavy atom. The molecule has 1 aliphatic rings. The van der Waals surface area contributed by atoms with Crippen LogP contribution in [-0.2, 0) is 9.31 Å². The van der Waals surface area contributed by atoms with Gasteiger partial charge in [0, 0.05) is 24.8 Å². The lowest BCUT2D eigenvalue weighted by Crippen LogP contribution is -2.48. The molecule has 1 aromatic rings. The highest BCUT2D eigenvalue weighted by atomic mass is 19.1. The van der Waals surface area contributed by atoms with Gasteiger partial charge in [0.15, 0.2) is 0 Å². The lowest BCUT2D eigenvalue weighted by molar-refractivity contribution is 0.0339. The van der Waals surface area contributed by atoms with Crippen LogP contribution in [0, 0.1) is 11.2 Å². The monoisotopic (exact) mass is 209 g/mol. The molecule has 0 bridgehead atoms. The first-order valence-electron chi connectivity index (χ1n) is 4.91. The molecule has 0 saturated carbocycles. The van der Waals surface area contributed by atoms with Crippen LogP contribution in [0.5, 0.6) is 0 Å². The largest absolute Gasteiger partial charge is 0.513 e. The highest BCUT2D eigenvalue weighted by molar-refractivity contribution is 6.60. The predicted octanol–water partition coefficient (Wildman–Crippen LogP) is 0.989. The number of aromatic nitrogens is 1. The summed E-state index contributed by atoms with van der Waals surface area (Å²) in [5.41, 5.74) is 0.509. The van der Waals surface area contributed by atoms with Crippen molar-refractivity contribution in [2.75, 3.05) is 13.2 Å². The smallest absolute Gasteiger partial charge is 0.406 e. The minimum Gasteiger partial charge on any atom is -0.406 e. The summed E-state index contributed by atoms with van der Waals surface area (Å²) >= 11 is 0. The molecule has 1 fully saturated rings. The fraction of sp³-hybridized carbons (Fsp3) is 0.500. The summed E-state index contributed by atoms with van der Waals surface area (Å²) in [7, 11) is -0.534. The van der Waals surface area contributed by atoms with Gasteiger partial charge in [0.25, 0.3) is 0 Å². The Kier molecular flexibility index (Phi) is 2.75. The second-order valence-corrected chi connectivity index (χ2v) is 4.52. The summed E-state index contributed by atoms with van der Waals surface area (Å²) in [4.78, 5) is 4.02. The highest BCUT2D eigenvalue weighted by Gasteiger charge is 2.34. The lowest BCUT2D eigenvalue weighted by Gasteiger charge is -2.32. The van der Waals surface area contributed by atoms with Gasteiger partial charge in [0.05, 0.1) is 5.59 Å². The highest BCUT2D eigenvalue weighted by Crippen LogP contribution is 2.21. The van der Waals surface area contributed by atoms with Gasteiger partial charge < -0.3 is 9.31 Å². The molecule has 0 spiro atoms. The molecular formula is C10H13BFNO2. The quantitative estimate of drug-likeness (QED) is 0.646. The first-order chi connectivity index (χ1) is 7.07. The summed E-state index contributed by atoms with van der Waals surface area (Å²) in [6.07, 6.45) is 1.41. The number of nitrogens with zero attached hydrogens (tertiary/aromatic N) is 1. The molecule has 0 atom stereocenters. The van der Waals surface area contributed by atoms with Crippen LogP contribution in [0.4, 0.5) is 4.39 Å². The van der Waals surface area contributed by atoms with Gasteiger partial charge in [-0.1, -0.05) is 13.8 Å². The van der Waals surface area contributed by atoms with Crippen LogP contribution in [0.3, 0.4) is 0 Å². The fourth-order valence-electron chi connectivity index (χ4n) is 1.41. The van der Waals surface area contributed by atoms with E-state index in [9.17, 15) is 4.39 Å². The maximum atomic E-state index is 12.9.